The van der Waals surface area contributed by atoms with Crippen LogP contribution in [-0.4, -0.2) is 17.9 Å². The van der Waals surface area contributed by atoms with Crippen LogP contribution in [-0.2, 0) is 0 Å². The molecule has 0 radical (unpaired) electrons. The van der Waals surface area contributed by atoms with Gasteiger partial charge in [0.25, 0.3) is 11.8 Å². The van der Waals surface area contributed by atoms with Crippen molar-refractivity contribution in [2.45, 2.75) is 38.6 Å². The summed E-state index contributed by atoms with van der Waals surface area (Å²) < 4.78 is 0. The molecule has 0 saturated heterocycles. The van der Waals surface area contributed by atoms with E-state index >= 15 is 0 Å². The summed E-state index contributed by atoms with van der Waals surface area (Å²) in [7, 11) is 0. The van der Waals surface area contributed by atoms with Gasteiger partial charge in [-0.25, -0.2) is 0 Å². The highest BCUT2D eigenvalue weighted by Crippen LogP contribution is 2.31. The molecule has 1 fully saturated rings. The van der Waals surface area contributed by atoms with E-state index in [2.05, 4.69) is 17.6 Å². The second kappa shape index (κ2) is 4.68. The van der Waals surface area contributed by atoms with Crippen LogP contribution in [0.25, 0.3) is 0 Å². The molecule has 1 aliphatic heterocycles. The Morgan fingerprint density at radius 1 is 1.21 bits per heavy atom. The topological polar surface area (TPSA) is 58.2 Å². The molecule has 2 unspecified atom stereocenters. The average molecular weight is 258 g/mol. The van der Waals surface area contributed by atoms with Gasteiger partial charge in [0.05, 0.1) is 11.1 Å². The fraction of sp³-hybridized carbons (Fsp3) is 0.467. The van der Waals surface area contributed by atoms with Gasteiger partial charge in [-0.2, -0.15) is 0 Å². The Morgan fingerprint density at radius 2 is 2.00 bits per heavy atom. The molecule has 2 aliphatic rings. The van der Waals surface area contributed by atoms with Crippen LogP contribution in [0.5, 0.6) is 0 Å². The van der Waals surface area contributed by atoms with E-state index in [0.29, 0.717) is 23.1 Å². The summed E-state index contributed by atoms with van der Waals surface area (Å²) in [5, 5.41) is 5.83. The maximum Gasteiger partial charge on any atom is 0.259 e. The normalized spacial score (nSPS) is 25.3. The minimum absolute atomic E-state index is 0.290. The minimum Gasteiger partial charge on any atom is -0.382 e. The summed E-state index contributed by atoms with van der Waals surface area (Å²) in [4.78, 5) is 23.1. The number of carbonyl (C=O) groups excluding carboxylic acids is 2. The van der Waals surface area contributed by atoms with Crippen molar-refractivity contribution >= 4 is 17.5 Å². The van der Waals surface area contributed by atoms with Crippen molar-refractivity contribution in [3.63, 3.8) is 0 Å². The van der Waals surface area contributed by atoms with Crippen LogP contribution < -0.4 is 10.6 Å². The quantitative estimate of drug-likeness (QED) is 0.819. The van der Waals surface area contributed by atoms with Crippen molar-refractivity contribution in [2.75, 3.05) is 5.32 Å². The zero-order chi connectivity index (χ0) is 13.4. The lowest BCUT2D eigenvalue weighted by Crippen LogP contribution is -2.23. The largest absolute Gasteiger partial charge is 0.382 e. The second-order valence-electron chi connectivity index (χ2n) is 5.39. The number of nitrogens with one attached hydrogen (secondary N) is 2. The smallest absolute Gasteiger partial charge is 0.259 e. The van der Waals surface area contributed by atoms with Gasteiger partial charge >= 0.3 is 0 Å². The molecule has 2 N–H and O–H groups in total. The van der Waals surface area contributed by atoms with Crippen molar-refractivity contribution in [3.8, 4) is 0 Å². The van der Waals surface area contributed by atoms with Crippen molar-refractivity contribution in [1.82, 2.24) is 5.32 Å². The van der Waals surface area contributed by atoms with Crippen LogP contribution in [0.2, 0.25) is 0 Å². The molecule has 2 atom stereocenters. The first-order chi connectivity index (χ1) is 9.19. The summed E-state index contributed by atoms with van der Waals surface area (Å²) in [6, 6.07) is 5.90. The second-order valence-corrected chi connectivity index (χ2v) is 5.39. The van der Waals surface area contributed by atoms with E-state index in [4.69, 9.17) is 0 Å². The molecule has 0 bridgehead atoms. The van der Waals surface area contributed by atoms with Crippen LogP contribution in [0.3, 0.4) is 0 Å². The van der Waals surface area contributed by atoms with Gasteiger partial charge in [0.2, 0.25) is 0 Å². The Hall–Kier alpha value is -1.84. The number of hydrogen-bond donors (Lipinski definition) is 2. The first-order valence-electron chi connectivity index (χ1n) is 6.95. The van der Waals surface area contributed by atoms with Gasteiger partial charge in [-0.05, 0) is 37.0 Å². The fourth-order valence-corrected chi connectivity index (χ4v) is 3.19. The third-order valence-corrected chi connectivity index (χ3v) is 4.27. The predicted octanol–water partition coefficient (Wildman–Crippen LogP) is 2.56. The zero-order valence-corrected chi connectivity index (χ0v) is 11.0. The van der Waals surface area contributed by atoms with Gasteiger partial charge in [-0.1, -0.05) is 19.8 Å². The molecule has 0 aromatic heterocycles. The van der Waals surface area contributed by atoms with E-state index in [0.717, 1.165) is 5.69 Å². The van der Waals surface area contributed by atoms with Crippen molar-refractivity contribution in [2.24, 2.45) is 5.92 Å². The van der Waals surface area contributed by atoms with Gasteiger partial charge in [-0.3, -0.25) is 14.9 Å². The number of hydrogen-bond acceptors (Lipinski definition) is 3. The van der Waals surface area contributed by atoms with Gasteiger partial charge < -0.3 is 5.32 Å². The van der Waals surface area contributed by atoms with Gasteiger partial charge in [0, 0.05) is 11.7 Å². The summed E-state index contributed by atoms with van der Waals surface area (Å²) in [6.07, 6.45) is 4.90. The molecule has 0 spiro atoms. The SMILES string of the molecule is CCC1CCCC1Nc1ccc2c(c1)C(=O)NC2=O. The lowest BCUT2D eigenvalue weighted by atomic mass is 10.00. The van der Waals surface area contributed by atoms with Crippen LogP contribution in [0.1, 0.15) is 53.3 Å². The first kappa shape index (κ1) is 12.2. The van der Waals surface area contributed by atoms with Gasteiger partial charge in [0.1, 0.15) is 0 Å². The molecule has 1 aliphatic carbocycles. The number of amides is 2. The van der Waals surface area contributed by atoms with Crippen molar-refractivity contribution < 1.29 is 9.59 Å². The monoisotopic (exact) mass is 258 g/mol. The van der Waals surface area contributed by atoms with Gasteiger partial charge in [0.15, 0.2) is 0 Å². The minimum atomic E-state index is -0.293. The van der Waals surface area contributed by atoms with Crippen LogP contribution in [0, 0.1) is 5.92 Å². The summed E-state index contributed by atoms with van der Waals surface area (Å²) in [6.45, 7) is 2.22. The summed E-state index contributed by atoms with van der Waals surface area (Å²) in [5.74, 6) is 0.129. The van der Waals surface area contributed by atoms with Crippen LogP contribution in [0.15, 0.2) is 18.2 Å². The molecule has 4 nitrogen and oxygen atoms in total. The Kier molecular flexibility index (Phi) is 3.01. The number of anilines is 1. The number of rotatable bonds is 3. The predicted molar refractivity (Wildman–Crippen MR) is 73.3 cm³/mol. The molecule has 1 aromatic carbocycles. The maximum atomic E-state index is 11.6. The molecule has 3 rings (SSSR count). The molecule has 1 aromatic rings. The third-order valence-electron chi connectivity index (χ3n) is 4.27. The third kappa shape index (κ3) is 2.11. The van der Waals surface area contributed by atoms with E-state index in [1.165, 1.54) is 25.7 Å². The Labute approximate surface area is 112 Å². The summed E-state index contributed by atoms with van der Waals surface area (Å²) >= 11 is 0. The lowest BCUT2D eigenvalue weighted by Gasteiger charge is -2.21. The molecule has 2 amide bonds. The Bertz CT molecular complexity index is 539. The van der Waals surface area contributed by atoms with Crippen molar-refractivity contribution in [1.29, 1.82) is 0 Å². The molecule has 19 heavy (non-hydrogen) atoms. The number of imide groups is 1. The molecule has 1 heterocycles. The Morgan fingerprint density at radius 3 is 2.79 bits per heavy atom. The Balaban J connectivity index is 1.82. The van der Waals surface area contributed by atoms with Crippen LogP contribution in [0.4, 0.5) is 5.69 Å². The molecule has 4 heteroatoms. The van der Waals surface area contributed by atoms with Crippen molar-refractivity contribution in [3.05, 3.63) is 29.3 Å². The van der Waals surface area contributed by atoms with E-state index in [1.807, 2.05) is 6.07 Å². The van der Waals surface area contributed by atoms with E-state index < -0.39 is 0 Å². The zero-order valence-electron chi connectivity index (χ0n) is 11.0. The van der Waals surface area contributed by atoms with E-state index in [1.54, 1.807) is 12.1 Å². The average Bonchev–Trinajstić information content (AvgIpc) is 2.95. The molecule has 100 valence electrons. The fourth-order valence-electron chi connectivity index (χ4n) is 3.19. The highest BCUT2D eigenvalue weighted by Gasteiger charge is 2.28. The van der Waals surface area contributed by atoms with E-state index in [9.17, 15) is 9.59 Å². The summed E-state index contributed by atoms with van der Waals surface area (Å²) in [5.41, 5.74) is 1.91. The number of carbonyl (C=O) groups is 2. The number of fused-ring (bicyclic) bond motifs is 1. The van der Waals surface area contributed by atoms with Gasteiger partial charge in [-0.15, -0.1) is 0 Å². The molecular formula is C15H18N2O2. The van der Waals surface area contributed by atoms with E-state index in [-0.39, 0.29) is 11.8 Å². The van der Waals surface area contributed by atoms with Crippen LogP contribution >= 0.6 is 0 Å². The molecule has 1 saturated carbocycles. The highest BCUT2D eigenvalue weighted by molar-refractivity contribution is 6.21. The molecular weight excluding hydrogens is 240 g/mol. The highest BCUT2D eigenvalue weighted by atomic mass is 16.2. The maximum absolute atomic E-state index is 11.6. The first-order valence-corrected chi connectivity index (χ1v) is 6.95. The lowest BCUT2D eigenvalue weighted by molar-refractivity contribution is 0.0879. The number of benzene rings is 1. The standard InChI is InChI=1S/C15H18N2O2/c1-2-9-4-3-5-13(9)16-10-6-7-11-12(8-10)15(19)17-14(11)18/h6-9,13,16H,2-5H2,1H3,(H,17,18,19).